The molecule has 4 heteroatoms. The molecule has 0 unspecified atom stereocenters. The van der Waals surface area contributed by atoms with Crippen molar-refractivity contribution in [3.63, 3.8) is 0 Å². The van der Waals surface area contributed by atoms with Crippen LogP contribution in [0, 0.1) is 6.92 Å². The van der Waals surface area contributed by atoms with E-state index in [1.165, 1.54) is 0 Å². The summed E-state index contributed by atoms with van der Waals surface area (Å²) in [6.45, 7) is 0.854. The fourth-order valence-corrected chi connectivity index (χ4v) is 1.47. The maximum atomic E-state index is 9.65. The van der Waals surface area contributed by atoms with E-state index in [1.807, 2.05) is 0 Å². The van der Waals surface area contributed by atoms with E-state index in [0.717, 1.165) is 0 Å². The predicted molar refractivity (Wildman–Crippen MR) is 50.6 cm³/mol. The standard InChI is InChI=1S/C10H14O4/c1-6-2-7(3-11)9(5-13)10(14)8(6)4-12/h2,11-14H,3-5H2,1H3. The molecule has 0 radical (unpaired) electrons. The molecule has 0 atom stereocenters. The zero-order valence-corrected chi connectivity index (χ0v) is 7.99. The Morgan fingerprint density at radius 2 is 1.57 bits per heavy atom. The Balaban J connectivity index is 3.39. The van der Waals surface area contributed by atoms with Crippen LogP contribution in [-0.4, -0.2) is 20.4 Å². The summed E-state index contributed by atoms with van der Waals surface area (Å²) < 4.78 is 0. The Morgan fingerprint density at radius 3 is 2.00 bits per heavy atom. The van der Waals surface area contributed by atoms with Gasteiger partial charge < -0.3 is 20.4 Å². The molecule has 0 aliphatic rings. The highest BCUT2D eigenvalue weighted by atomic mass is 16.3. The number of phenols is 1. The number of hydrogen-bond donors (Lipinski definition) is 4. The molecular weight excluding hydrogens is 184 g/mol. The van der Waals surface area contributed by atoms with Crippen LogP contribution in [0.3, 0.4) is 0 Å². The van der Waals surface area contributed by atoms with Gasteiger partial charge in [-0.2, -0.15) is 0 Å². The molecule has 0 amide bonds. The highest BCUT2D eigenvalue weighted by Crippen LogP contribution is 2.29. The molecule has 1 rings (SSSR count). The Kier molecular flexibility index (Phi) is 3.46. The molecule has 0 fully saturated rings. The molecule has 0 saturated heterocycles. The first-order chi connectivity index (χ1) is 6.65. The van der Waals surface area contributed by atoms with Crippen molar-refractivity contribution in [2.45, 2.75) is 26.7 Å². The zero-order chi connectivity index (χ0) is 10.7. The number of aliphatic hydroxyl groups excluding tert-OH is 3. The second-order valence-corrected chi connectivity index (χ2v) is 3.13. The van der Waals surface area contributed by atoms with E-state index >= 15 is 0 Å². The average Bonchev–Trinajstić information content (AvgIpc) is 2.17. The molecule has 0 aliphatic carbocycles. The molecule has 1 aromatic carbocycles. The molecule has 0 bridgehead atoms. The molecule has 0 spiro atoms. The van der Waals surface area contributed by atoms with Crippen LogP contribution >= 0.6 is 0 Å². The molecule has 4 N–H and O–H groups in total. The summed E-state index contributed by atoms with van der Waals surface area (Å²) in [6, 6.07) is 1.65. The second-order valence-electron chi connectivity index (χ2n) is 3.13. The Bertz CT molecular complexity index is 333. The molecular formula is C10H14O4. The van der Waals surface area contributed by atoms with Crippen LogP contribution in [0.2, 0.25) is 0 Å². The Labute approximate surface area is 82.1 Å². The third-order valence-corrected chi connectivity index (χ3v) is 2.31. The summed E-state index contributed by atoms with van der Waals surface area (Å²) >= 11 is 0. The van der Waals surface area contributed by atoms with Crippen LogP contribution in [0.4, 0.5) is 0 Å². The Hall–Kier alpha value is -1.10. The SMILES string of the molecule is Cc1cc(CO)c(CO)c(O)c1CO. The van der Waals surface area contributed by atoms with Crippen molar-refractivity contribution in [3.05, 3.63) is 28.3 Å². The summed E-state index contributed by atoms with van der Waals surface area (Å²) in [5.74, 6) is -0.126. The van der Waals surface area contributed by atoms with Crippen molar-refractivity contribution in [3.8, 4) is 5.75 Å². The van der Waals surface area contributed by atoms with E-state index in [9.17, 15) is 5.11 Å². The second kappa shape index (κ2) is 4.41. The lowest BCUT2D eigenvalue weighted by Crippen LogP contribution is -2.00. The largest absolute Gasteiger partial charge is 0.507 e. The smallest absolute Gasteiger partial charge is 0.127 e. The van der Waals surface area contributed by atoms with Gasteiger partial charge in [-0.25, -0.2) is 0 Å². The minimum Gasteiger partial charge on any atom is -0.507 e. The van der Waals surface area contributed by atoms with E-state index in [0.29, 0.717) is 16.7 Å². The van der Waals surface area contributed by atoms with E-state index < -0.39 is 0 Å². The lowest BCUT2D eigenvalue weighted by molar-refractivity contribution is 0.249. The third-order valence-electron chi connectivity index (χ3n) is 2.31. The summed E-state index contributed by atoms with van der Waals surface area (Å²) in [7, 11) is 0. The number of rotatable bonds is 3. The summed E-state index contributed by atoms with van der Waals surface area (Å²) in [5, 5.41) is 36.6. The van der Waals surface area contributed by atoms with Gasteiger partial charge in [-0.3, -0.25) is 0 Å². The number of benzene rings is 1. The van der Waals surface area contributed by atoms with Gasteiger partial charge in [0.2, 0.25) is 0 Å². The van der Waals surface area contributed by atoms with Gasteiger partial charge in [0.05, 0.1) is 19.8 Å². The topological polar surface area (TPSA) is 80.9 Å². The van der Waals surface area contributed by atoms with Crippen molar-refractivity contribution >= 4 is 0 Å². The molecule has 0 aromatic heterocycles. The van der Waals surface area contributed by atoms with Crippen LogP contribution < -0.4 is 0 Å². The molecule has 78 valence electrons. The first-order valence-electron chi connectivity index (χ1n) is 4.31. The van der Waals surface area contributed by atoms with E-state index in [2.05, 4.69) is 0 Å². The van der Waals surface area contributed by atoms with Gasteiger partial charge in [-0.1, -0.05) is 6.07 Å². The van der Waals surface area contributed by atoms with Crippen molar-refractivity contribution in [2.24, 2.45) is 0 Å². The van der Waals surface area contributed by atoms with Gasteiger partial charge in [-0.15, -0.1) is 0 Å². The number of hydrogen-bond acceptors (Lipinski definition) is 4. The Morgan fingerprint density at radius 1 is 1.00 bits per heavy atom. The predicted octanol–water partition coefficient (Wildman–Crippen LogP) is 0.178. The van der Waals surface area contributed by atoms with Crippen LogP contribution in [0.25, 0.3) is 0 Å². The van der Waals surface area contributed by atoms with E-state index in [1.54, 1.807) is 13.0 Å². The van der Waals surface area contributed by atoms with Crippen molar-refractivity contribution in [1.82, 2.24) is 0 Å². The fraction of sp³-hybridized carbons (Fsp3) is 0.400. The average molecular weight is 198 g/mol. The van der Waals surface area contributed by atoms with Crippen LogP contribution in [-0.2, 0) is 19.8 Å². The minimum atomic E-state index is -0.352. The highest BCUT2D eigenvalue weighted by molar-refractivity contribution is 5.49. The lowest BCUT2D eigenvalue weighted by Gasteiger charge is -2.13. The monoisotopic (exact) mass is 198 g/mol. The zero-order valence-electron chi connectivity index (χ0n) is 7.99. The van der Waals surface area contributed by atoms with Crippen LogP contribution in [0.15, 0.2) is 6.07 Å². The van der Waals surface area contributed by atoms with Crippen molar-refractivity contribution in [2.75, 3.05) is 0 Å². The lowest BCUT2D eigenvalue weighted by atomic mass is 9.98. The first kappa shape index (κ1) is 11.0. The van der Waals surface area contributed by atoms with Gasteiger partial charge in [-0.05, 0) is 18.1 Å². The van der Waals surface area contributed by atoms with E-state index in [4.69, 9.17) is 15.3 Å². The quantitative estimate of drug-likeness (QED) is 0.558. The summed E-state index contributed by atoms with van der Waals surface area (Å²) in [5.41, 5.74) is 1.86. The fourth-order valence-electron chi connectivity index (χ4n) is 1.47. The minimum absolute atomic E-state index is 0.126. The van der Waals surface area contributed by atoms with Crippen LogP contribution in [0.5, 0.6) is 5.75 Å². The van der Waals surface area contributed by atoms with Crippen LogP contribution in [0.1, 0.15) is 22.3 Å². The molecule has 14 heavy (non-hydrogen) atoms. The molecule has 0 saturated carbocycles. The molecule has 0 heterocycles. The third kappa shape index (κ3) is 1.72. The molecule has 1 aromatic rings. The highest BCUT2D eigenvalue weighted by Gasteiger charge is 2.13. The van der Waals surface area contributed by atoms with Gasteiger partial charge in [0.1, 0.15) is 5.75 Å². The molecule has 4 nitrogen and oxygen atoms in total. The number of aliphatic hydroxyl groups is 3. The van der Waals surface area contributed by atoms with E-state index in [-0.39, 0.29) is 31.1 Å². The number of aryl methyl sites for hydroxylation is 1. The summed E-state index contributed by atoms with van der Waals surface area (Å²) in [6.07, 6.45) is 0. The van der Waals surface area contributed by atoms with Gasteiger partial charge in [0, 0.05) is 11.1 Å². The summed E-state index contributed by atoms with van der Waals surface area (Å²) in [4.78, 5) is 0. The first-order valence-corrected chi connectivity index (χ1v) is 4.31. The van der Waals surface area contributed by atoms with Gasteiger partial charge in [0.25, 0.3) is 0 Å². The maximum absolute atomic E-state index is 9.65. The van der Waals surface area contributed by atoms with Crippen molar-refractivity contribution in [1.29, 1.82) is 0 Å². The van der Waals surface area contributed by atoms with Crippen molar-refractivity contribution < 1.29 is 20.4 Å². The number of aromatic hydroxyl groups is 1. The van der Waals surface area contributed by atoms with Gasteiger partial charge in [0.15, 0.2) is 0 Å². The maximum Gasteiger partial charge on any atom is 0.127 e. The molecule has 0 aliphatic heterocycles. The normalized spacial score (nSPS) is 10.6. The van der Waals surface area contributed by atoms with Gasteiger partial charge >= 0.3 is 0 Å².